The molecule has 20 heavy (non-hydrogen) atoms. The molecule has 1 aromatic heterocycles. The van der Waals surface area contributed by atoms with Crippen molar-refractivity contribution in [1.29, 1.82) is 0 Å². The quantitative estimate of drug-likeness (QED) is 0.889. The molecule has 2 aliphatic rings. The zero-order valence-corrected chi connectivity index (χ0v) is 11.4. The third kappa shape index (κ3) is 2.76. The Labute approximate surface area is 117 Å². The molecule has 0 amide bonds. The summed E-state index contributed by atoms with van der Waals surface area (Å²) in [6.07, 6.45) is 4.12. The van der Waals surface area contributed by atoms with Gasteiger partial charge in [-0.25, -0.2) is 13.8 Å². The number of likely N-dealkylation sites (tertiary alicyclic amines) is 1. The first-order valence-electron chi connectivity index (χ1n) is 7.19. The molecule has 1 aromatic rings. The summed E-state index contributed by atoms with van der Waals surface area (Å²) in [5.41, 5.74) is 5.92. The van der Waals surface area contributed by atoms with E-state index in [1.54, 1.807) is 0 Å². The Bertz CT molecular complexity index is 474. The Morgan fingerprint density at radius 2 is 1.90 bits per heavy atom. The van der Waals surface area contributed by atoms with Crippen LogP contribution in [0.1, 0.15) is 19.3 Å². The molecule has 0 aromatic carbocycles. The van der Waals surface area contributed by atoms with E-state index in [-0.39, 0.29) is 5.82 Å². The molecule has 4 nitrogen and oxygen atoms in total. The van der Waals surface area contributed by atoms with Crippen molar-refractivity contribution in [3.8, 4) is 0 Å². The fourth-order valence-corrected chi connectivity index (χ4v) is 3.16. The number of hydrogen-bond acceptors (Lipinski definition) is 4. The van der Waals surface area contributed by atoms with E-state index in [4.69, 9.17) is 5.73 Å². The van der Waals surface area contributed by atoms with Gasteiger partial charge in [-0.05, 0) is 32.4 Å². The van der Waals surface area contributed by atoms with Crippen LogP contribution in [0.15, 0.2) is 12.3 Å². The summed E-state index contributed by atoms with van der Waals surface area (Å²) >= 11 is 0. The minimum Gasteiger partial charge on any atom is -0.353 e. The van der Waals surface area contributed by atoms with Gasteiger partial charge in [0.15, 0.2) is 11.6 Å². The Balaban J connectivity index is 1.64. The van der Waals surface area contributed by atoms with Crippen LogP contribution in [0.25, 0.3) is 0 Å². The Morgan fingerprint density at radius 1 is 1.15 bits per heavy atom. The van der Waals surface area contributed by atoms with Crippen LogP contribution in [0.4, 0.5) is 14.6 Å². The number of nitrogens with two attached hydrogens (primary N) is 1. The zero-order chi connectivity index (χ0) is 14.1. The second-order valence-corrected chi connectivity index (χ2v) is 5.72. The van der Waals surface area contributed by atoms with E-state index in [0.29, 0.717) is 12.1 Å². The molecule has 2 saturated heterocycles. The lowest BCUT2D eigenvalue weighted by molar-refractivity contribution is 0.163. The molecule has 0 radical (unpaired) electrons. The second kappa shape index (κ2) is 5.61. The number of nitrogens with zero attached hydrogens (tertiary/aromatic N) is 3. The van der Waals surface area contributed by atoms with Crippen LogP contribution in [-0.2, 0) is 0 Å². The largest absolute Gasteiger partial charge is 0.353 e. The second-order valence-electron chi connectivity index (χ2n) is 5.72. The zero-order valence-electron chi connectivity index (χ0n) is 11.4. The van der Waals surface area contributed by atoms with Gasteiger partial charge in [0.05, 0.1) is 6.20 Å². The molecular formula is C14H20F2N4. The van der Waals surface area contributed by atoms with Crippen molar-refractivity contribution in [2.24, 2.45) is 5.73 Å². The van der Waals surface area contributed by atoms with Crippen molar-refractivity contribution in [1.82, 2.24) is 9.88 Å². The van der Waals surface area contributed by atoms with Crippen LogP contribution in [0.2, 0.25) is 0 Å². The summed E-state index contributed by atoms with van der Waals surface area (Å²) in [4.78, 5) is 8.23. The lowest BCUT2D eigenvalue weighted by Crippen LogP contribution is -2.46. The highest BCUT2D eigenvalue weighted by atomic mass is 19.1. The fourth-order valence-electron chi connectivity index (χ4n) is 3.16. The maximum atomic E-state index is 13.7. The van der Waals surface area contributed by atoms with Crippen LogP contribution in [0.5, 0.6) is 0 Å². The standard InChI is InChI=1S/C14H20F2N4/c15-10-7-13(16)14(18-8-10)20-6-3-12(9-20)19-4-1-11(17)2-5-19/h7-8,11-12H,1-6,9,17H2. The van der Waals surface area contributed by atoms with Gasteiger partial charge in [-0.2, -0.15) is 0 Å². The number of rotatable bonds is 2. The van der Waals surface area contributed by atoms with E-state index in [1.165, 1.54) is 0 Å². The summed E-state index contributed by atoms with van der Waals surface area (Å²) in [6, 6.07) is 1.64. The van der Waals surface area contributed by atoms with Gasteiger partial charge in [0.2, 0.25) is 0 Å². The van der Waals surface area contributed by atoms with E-state index < -0.39 is 11.6 Å². The van der Waals surface area contributed by atoms with E-state index in [0.717, 1.165) is 57.7 Å². The predicted octanol–water partition coefficient (Wildman–Crippen LogP) is 1.36. The highest BCUT2D eigenvalue weighted by molar-refractivity contribution is 5.41. The van der Waals surface area contributed by atoms with Crippen LogP contribution in [-0.4, -0.2) is 48.1 Å². The number of pyridine rings is 1. The van der Waals surface area contributed by atoms with Gasteiger partial charge in [-0.3, -0.25) is 4.90 Å². The molecule has 110 valence electrons. The molecule has 0 bridgehead atoms. The summed E-state index contributed by atoms with van der Waals surface area (Å²) in [5.74, 6) is -0.944. The van der Waals surface area contributed by atoms with E-state index in [2.05, 4.69) is 9.88 Å². The Hall–Kier alpha value is -1.27. The molecule has 3 heterocycles. The van der Waals surface area contributed by atoms with Gasteiger partial charge in [0.25, 0.3) is 0 Å². The van der Waals surface area contributed by atoms with Crippen LogP contribution in [0, 0.1) is 11.6 Å². The molecule has 1 atom stereocenters. The molecule has 3 rings (SSSR count). The summed E-state index contributed by atoms with van der Waals surface area (Å²) in [7, 11) is 0. The Kier molecular flexibility index (Phi) is 3.85. The maximum Gasteiger partial charge on any atom is 0.168 e. The summed E-state index contributed by atoms with van der Waals surface area (Å²) in [5, 5.41) is 0. The van der Waals surface area contributed by atoms with Gasteiger partial charge >= 0.3 is 0 Å². The summed E-state index contributed by atoms with van der Waals surface area (Å²) < 4.78 is 26.6. The molecule has 1 unspecified atom stereocenters. The third-order valence-electron chi connectivity index (χ3n) is 4.34. The van der Waals surface area contributed by atoms with Crippen molar-refractivity contribution in [3.63, 3.8) is 0 Å². The molecule has 2 fully saturated rings. The fraction of sp³-hybridized carbons (Fsp3) is 0.643. The average Bonchev–Trinajstić information content (AvgIpc) is 2.89. The normalized spacial score (nSPS) is 25.4. The smallest absolute Gasteiger partial charge is 0.168 e. The predicted molar refractivity (Wildman–Crippen MR) is 73.6 cm³/mol. The first-order chi connectivity index (χ1) is 9.63. The van der Waals surface area contributed by atoms with Crippen LogP contribution >= 0.6 is 0 Å². The lowest BCUT2D eigenvalue weighted by atomic mass is 10.0. The highest BCUT2D eigenvalue weighted by Gasteiger charge is 2.31. The Morgan fingerprint density at radius 3 is 2.60 bits per heavy atom. The van der Waals surface area contributed by atoms with E-state index >= 15 is 0 Å². The minimum absolute atomic E-state index is 0.266. The molecular weight excluding hydrogens is 262 g/mol. The highest BCUT2D eigenvalue weighted by Crippen LogP contribution is 2.25. The van der Waals surface area contributed by atoms with Crippen LogP contribution in [0.3, 0.4) is 0 Å². The molecule has 2 N–H and O–H groups in total. The number of piperidine rings is 1. The monoisotopic (exact) mass is 282 g/mol. The third-order valence-corrected chi connectivity index (χ3v) is 4.34. The van der Waals surface area contributed by atoms with Gasteiger partial charge in [0.1, 0.15) is 5.82 Å². The number of halogens is 2. The van der Waals surface area contributed by atoms with Crippen molar-refractivity contribution in [2.45, 2.75) is 31.3 Å². The van der Waals surface area contributed by atoms with Gasteiger partial charge in [0, 0.05) is 31.2 Å². The van der Waals surface area contributed by atoms with E-state index in [1.807, 2.05) is 4.90 Å². The summed E-state index contributed by atoms with van der Waals surface area (Å²) in [6.45, 7) is 3.55. The maximum absolute atomic E-state index is 13.7. The SMILES string of the molecule is NC1CCN(C2CCN(c3ncc(F)cc3F)C2)CC1. The van der Waals surface area contributed by atoms with Gasteiger partial charge < -0.3 is 10.6 Å². The average molecular weight is 282 g/mol. The lowest BCUT2D eigenvalue weighted by Gasteiger charge is -2.34. The number of aromatic nitrogens is 1. The number of hydrogen-bond donors (Lipinski definition) is 1. The minimum atomic E-state index is -0.632. The first kappa shape index (κ1) is 13.7. The van der Waals surface area contributed by atoms with E-state index in [9.17, 15) is 8.78 Å². The van der Waals surface area contributed by atoms with Crippen molar-refractivity contribution < 1.29 is 8.78 Å². The molecule has 0 aliphatic carbocycles. The van der Waals surface area contributed by atoms with Gasteiger partial charge in [-0.1, -0.05) is 0 Å². The van der Waals surface area contributed by atoms with Crippen molar-refractivity contribution in [2.75, 3.05) is 31.1 Å². The molecule has 6 heteroatoms. The topological polar surface area (TPSA) is 45.4 Å². The van der Waals surface area contributed by atoms with Crippen molar-refractivity contribution in [3.05, 3.63) is 23.9 Å². The molecule has 0 spiro atoms. The molecule has 2 aliphatic heterocycles. The first-order valence-corrected chi connectivity index (χ1v) is 7.19. The van der Waals surface area contributed by atoms with Crippen LogP contribution < -0.4 is 10.6 Å². The molecule has 0 saturated carbocycles. The number of anilines is 1. The van der Waals surface area contributed by atoms with Crippen molar-refractivity contribution >= 4 is 5.82 Å². The van der Waals surface area contributed by atoms with Gasteiger partial charge in [-0.15, -0.1) is 0 Å².